The fraction of sp³-hybridized carbons (Fsp3) is 0.353. The van der Waals surface area contributed by atoms with Gasteiger partial charge >= 0.3 is 0 Å². The molecule has 0 aliphatic heterocycles. The van der Waals surface area contributed by atoms with E-state index in [9.17, 15) is 0 Å². The molecule has 1 aliphatic carbocycles. The van der Waals surface area contributed by atoms with E-state index < -0.39 is 0 Å². The van der Waals surface area contributed by atoms with E-state index in [0.29, 0.717) is 0 Å². The van der Waals surface area contributed by atoms with Gasteiger partial charge in [-0.05, 0) is 30.0 Å². The first-order valence-corrected chi connectivity index (χ1v) is 7.31. The highest BCUT2D eigenvalue weighted by Gasteiger charge is 2.45. The molecule has 0 radical (unpaired) electrons. The standard InChI is InChI=1S/C17H21N3O/c1-21-15-10-13(11-19-12-15)16(20-18)17(8-5-9-17)14-6-3-2-4-7-14/h2-4,6-7,10-12,16,20H,5,8-9,18H2,1H3. The highest BCUT2D eigenvalue weighted by molar-refractivity contribution is 5.36. The zero-order valence-electron chi connectivity index (χ0n) is 12.3. The zero-order chi connectivity index (χ0) is 14.7. The minimum atomic E-state index is 0.0382. The van der Waals surface area contributed by atoms with Crippen molar-refractivity contribution in [3.05, 3.63) is 59.9 Å². The van der Waals surface area contributed by atoms with Gasteiger partial charge in [-0.3, -0.25) is 16.3 Å². The molecule has 1 atom stereocenters. The number of nitrogens with one attached hydrogen (secondary N) is 1. The summed E-state index contributed by atoms with van der Waals surface area (Å²) in [6.45, 7) is 0. The highest BCUT2D eigenvalue weighted by atomic mass is 16.5. The van der Waals surface area contributed by atoms with Crippen LogP contribution in [0.2, 0.25) is 0 Å². The molecule has 1 saturated carbocycles. The molecule has 0 bridgehead atoms. The summed E-state index contributed by atoms with van der Waals surface area (Å²) in [5.74, 6) is 6.67. The van der Waals surface area contributed by atoms with Gasteiger partial charge in [0.25, 0.3) is 0 Å². The predicted molar refractivity (Wildman–Crippen MR) is 82.8 cm³/mol. The molecule has 2 aromatic rings. The lowest BCUT2D eigenvalue weighted by molar-refractivity contribution is 0.169. The van der Waals surface area contributed by atoms with Crippen LogP contribution in [0.15, 0.2) is 48.8 Å². The third-order valence-corrected chi connectivity index (χ3v) is 4.62. The molecular formula is C17H21N3O. The van der Waals surface area contributed by atoms with Crippen molar-refractivity contribution in [2.75, 3.05) is 7.11 Å². The summed E-state index contributed by atoms with van der Waals surface area (Å²) in [5, 5.41) is 0. The van der Waals surface area contributed by atoms with Crippen LogP contribution >= 0.6 is 0 Å². The quantitative estimate of drug-likeness (QED) is 0.654. The molecule has 1 aliphatic rings. The van der Waals surface area contributed by atoms with Crippen molar-refractivity contribution in [2.45, 2.75) is 30.7 Å². The van der Waals surface area contributed by atoms with Crippen LogP contribution in [0.4, 0.5) is 0 Å². The van der Waals surface area contributed by atoms with Gasteiger partial charge in [0, 0.05) is 11.6 Å². The van der Waals surface area contributed by atoms with E-state index in [2.05, 4.69) is 34.7 Å². The Labute approximate surface area is 125 Å². The number of hydrogen-bond donors (Lipinski definition) is 2. The van der Waals surface area contributed by atoms with E-state index in [-0.39, 0.29) is 11.5 Å². The Bertz CT molecular complexity index is 596. The Morgan fingerprint density at radius 1 is 1.24 bits per heavy atom. The smallest absolute Gasteiger partial charge is 0.137 e. The van der Waals surface area contributed by atoms with Crippen LogP contribution in [-0.2, 0) is 5.41 Å². The van der Waals surface area contributed by atoms with Crippen LogP contribution in [0.1, 0.15) is 36.4 Å². The topological polar surface area (TPSA) is 60.2 Å². The number of hydrogen-bond acceptors (Lipinski definition) is 4. The summed E-state index contributed by atoms with van der Waals surface area (Å²) >= 11 is 0. The summed E-state index contributed by atoms with van der Waals surface area (Å²) in [4.78, 5) is 4.27. The van der Waals surface area contributed by atoms with E-state index >= 15 is 0 Å². The molecule has 1 fully saturated rings. The van der Waals surface area contributed by atoms with Gasteiger partial charge in [0.1, 0.15) is 5.75 Å². The second-order valence-electron chi connectivity index (χ2n) is 5.63. The Balaban J connectivity index is 2.01. The number of methoxy groups -OCH3 is 1. The second kappa shape index (κ2) is 5.84. The minimum Gasteiger partial charge on any atom is -0.495 e. The van der Waals surface area contributed by atoms with Crippen molar-refractivity contribution in [3.63, 3.8) is 0 Å². The Kier molecular flexibility index (Phi) is 3.90. The Morgan fingerprint density at radius 2 is 2.00 bits per heavy atom. The van der Waals surface area contributed by atoms with Crippen LogP contribution in [0.3, 0.4) is 0 Å². The maximum atomic E-state index is 5.91. The number of hydrazine groups is 1. The van der Waals surface area contributed by atoms with Crippen molar-refractivity contribution in [1.29, 1.82) is 0 Å². The lowest BCUT2D eigenvalue weighted by Crippen LogP contribution is -2.48. The van der Waals surface area contributed by atoms with Gasteiger partial charge in [-0.1, -0.05) is 36.8 Å². The van der Waals surface area contributed by atoms with Crippen LogP contribution in [-0.4, -0.2) is 12.1 Å². The molecule has 1 heterocycles. The summed E-state index contributed by atoms with van der Waals surface area (Å²) in [6.07, 6.45) is 7.07. The molecule has 3 rings (SSSR count). The van der Waals surface area contributed by atoms with E-state index in [0.717, 1.165) is 24.2 Å². The number of pyridine rings is 1. The molecule has 21 heavy (non-hydrogen) atoms. The summed E-state index contributed by atoms with van der Waals surface area (Å²) in [7, 11) is 1.65. The fourth-order valence-electron chi connectivity index (χ4n) is 3.35. The fourth-order valence-corrected chi connectivity index (χ4v) is 3.35. The average Bonchev–Trinajstić information content (AvgIpc) is 2.51. The largest absolute Gasteiger partial charge is 0.495 e. The third kappa shape index (κ3) is 2.41. The number of nitrogens with zero attached hydrogens (tertiary/aromatic N) is 1. The third-order valence-electron chi connectivity index (χ3n) is 4.62. The molecule has 0 amide bonds. The Hall–Kier alpha value is -1.91. The van der Waals surface area contributed by atoms with E-state index in [1.807, 2.05) is 18.3 Å². The molecular weight excluding hydrogens is 262 g/mol. The van der Waals surface area contributed by atoms with Gasteiger partial charge in [0.2, 0.25) is 0 Å². The maximum Gasteiger partial charge on any atom is 0.137 e. The van der Waals surface area contributed by atoms with Gasteiger partial charge in [0.05, 0.1) is 19.3 Å². The van der Waals surface area contributed by atoms with Gasteiger partial charge in [-0.15, -0.1) is 0 Å². The van der Waals surface area contributed by atoms with Crippen LogP contribution in [0.25, 0.3) is 0 Å². The van der Waals surface area contributed by atoms with E-state index in [4.69, 9.17) is 10.6 Å². The number of rotatable bonds is 5. The van der Waals surface area contributed by atoms with E-state index in [1.165, 1.54) is 12.0 Å². The highest BCUT2D eigenvalue weighted by Crippen LogP contribution is 2.51. The summed E-state index contributed by atoms with van der Waals surface area (Å²) < 4.78 is 5.29. The molecule has 0 saturated heterocycles. The first-order chi connectivity index (χ1) is 10.3. The first kappa shape index (κ1) is 14.0. The molecule has 3 N–H and O–H groups in total. The normalized spacial score (nSPS) is 17.8. The predicted octanol–water partition coefficient (Wildman–Crippen LogP) is 2.72. The van der Waals surface area contributed by atoms with Gasteiger partial charge in [-0.2, -0.15) is 0 Å². The second-order valence-corrected chi connectivity index (χ2v) is 5.63. The Morgan fingerprint density at radius 3 is 2.57 bits per heavy atom. The van der Waals surface area contributed by atoms with E-state index in [1.54, 1.807) is 13.3 Å². The SMILES string of the molecule is COc1cncc(C(NN)C2(c3ccccc3)CCC2)c1. The summed E-state index contributed by atoms with van der Waals surface area (Å²) in [5.41, 5.74) is 5.47. The molecule has 1 aromatic carbocycles. The molecule has 4 heteroatoms. The zero-order valence-corrected chi connectivity index (χ0v) is 12.3. The number of benzene rings is 1. The monoisotopic (exact) mass is 283 g/mol. The van der Waals surface area contributed by atoms with Crippen LogP contribution < -0.4 is 16.0 Å². The van der Waals surface area contributed by atoms with Gasteiger partial charge in [-0.25, -0.2) is 0 Å². The van der Waals surface area contributed by atoms with Crippen molar-refractivity contribution >= 4 is 0 Å². The summed E-state index contributed by atoms with van der Waals surface area (Å²) in [6, 6.07) is 12.7. The van der Waals surface area contributed by atoms with Crippen LogP contribution in [0, 0.1) is 0 Å². The lowest BCUT2D eigenvalue weighted by atomic mass is 9.59. The van der Waals surface area contributed by atoms with Crippen molar-refractivity contribution in [2.24, 2.45) is 5.84 Å². The maximum absolute atomic E-state index is 5.91. The number of nitrogens with two attached hydrogens (primary N) is 1. The molecule has 4 nitrogen and oxygen atoms in total. The van der Waals surface area contributed by atoms with Crippen molar-refractivity contribution in [3.8, 4) is 5.75 Å². The van der Waals surface area contributed by atoms with Crippen LogP contribution in [0.5, 0.6) is 5.75 Å². The van der Waals surface area contributed by atoms with Gasteiger partial charge < -0.3 is 4.74 Å². The van der Waals surface area contributed by atoms with Crippen molar-refractivity contribution in [1.82, 2.24) is 10.4 Å². The number of aromatic nitrogens is 1. The van der Waals surface area contributed by atoms with Crippen molar-refractivity contribution < 1.29 is 4.74 Å². The number of ether oxygens (including phenoxy) is 1. The molecule has 0 spiro atoms. The van der Waals surface area contributed by atoms with Gasteiger partial charge in [0.15, 0.2) is 0 Å². The molecule has 1 unspecified atom stereocenters. The lowest BCUT2D eigenvalue weighted by Gasteiger charge is -2.48. The first-order valence-electron chi connectivity index (χ1n) is 7.31. The minimum absolute atomic E-state index is 0.0382. The average molecular weight is 283 g/mol. The molecule has 110 valence electrons. The molecule has 1 aromatic heterocycles.